The summed E-state index contributed by atoms with van der Waals surface area (Å²) in [5.74, 6) is 0. The van der Waals surface area contributed by atoms with Crippen LogP contribution in [0.25, 0.3) is 10.2 Å². The monoisotopic (exact) mass is 377 g/mol. The number of nitrogens with one attached hydrogen (secondary N) is 1. The summed E-state index contributed by atoms with van der Waals surface area (Å²) >= 11 is 1.06. The Bertz CT molecular complexity index is 1080. The Morgan fingerprint density at radius 2 is 1.76 bits per heavy atom. The van der Waals surface area contributed by atoms with Crippen LogP contribution < -0.4 is 4.72 Å². The Kier molecular flexibility index (Phi) is 4.21. The number of nitro groups is 1. The highest BCUT2D eigenvalue weighted by Crippen LogP contribution is 2.31. The van der Waals surface area contributed by atoms with Crippen LogP contribution >= 0.6 is 11.3 Å². The van der Waals surface area contributed by atoms with Crippen LogP contribution in [0.15, 0.2) is 35.2 Å². The van der Waals surface area contributed by atoms with Gasteiger partial charge in [-0.3, -0.25) is 14.8 Å². The number of hydrogen-bond acceptors (Lipinski definition) is 6. The first kappa shape index (κ1) is 17.3. The zero-order chi connectivity index (χ0) is 18.4. The number of nitrogens with zero attached hydrogens (tertiary/aromatic N) is 2. The summed E-state index contributed by atoms with van der Waals surface area (Å²) in [6.07, 6.45) is 0. The summed E-state index contributed by atoms with van der Waals surface area (Å²) in [6.45, 7) is 5.40. The van der Waals surface area contributed by atoms with Gasteiger partial charge in [0, 0.05) is 12.1 Å². The normalized spacial score (nSPS) is 11.6. The molecule has 1 N–H and O–H groups in total. The zero-order valence-corrected chi connectivity index (χ0v) is 15.4. The molecular weight excluding hydrogens is 362 g/mol. The largest absolute Gasteiger partial charge is 0.270 e. The van der Waals surface area contributed by atoms with E-state index in [0.717, 1.165) is 16.9 Å². The molecule has 0 aliphatic rings. The Morgan fingerprint density at radius 3 is 2.36 bits per heavy atom. The molecule has 130 valence electrons. The molecule has 9 heteroatoms. The van der Waals surface area contributed by atoms with Gasteiger partial charge in [0.05, 0.1) is 20.0 Å². The molecule has 7 nitrogen and oxygen atoms in total. The lowest BCUT2D eigenvalue weighted by atomic mass is 10.1. The van der Waals surface area contributed by atoms with Crippen LogP contribution in [-0.2, 0) is 10.0 Å². The Labute approximate surface area is 148 Å². The van der Waals surface area contributed by atoms with Gasteiger partial charge in [0.25, 0.3) is 15.7 Å². The van der Waals surface area contributed by atoms with E-state index in [1.807, 2.05) is 19.1 Å². The van der Waals surface area contributed by atoms with Crippen molar-refractivity contribution in [2.75, 3.05) is 4.72 Å². The van der Waals surface area contributed by atoms with E-state index in [1.165, 1.54) is 18.2 Å². The summed E-state index contributed by atoms with van der Waals surface area (Å²) in [5.41, 5.74) is 2.74. The molecule has 0 atom stereocenters. The van der Waals surface area contributed by atoms with Gasteiger partial charge in [0.1, 0.15) is 0 Å². The lowest BCUT2D eigenvalue weighted by molar-refractivity contribution is -0.384. The number of aryl methyl sites for hydroxylation is 3. The van der Waals surface area contributed by atoms with Crippen molar-refractivity contribution < 1.29 is 13.3 Å². The highest BCUT2D eigenvalue weighted by Gasteiger charge is 2.22. The number of non-ortho nitro benzene ring substituents is 1. The molecule has 25 heavy (non-hydrogen) atoms. The molecular formula is C16H15N3O4S2. The molecule has 1 aromatic heterocycles. The molecule has 1 heterocycles. The number of nitro benzene ring substituents is 1. The average molecular weight is 377 g/mol. The molecule has 0 aliphatic carbocycles. The Morgan fingerprint density at radius 1 is 1.12 bits per heavy atom. The molecule has 0 aliphatic heterocycles. The highest BCUT2D eigenvalue weighted by atomic mass is 32.2. The molecule has 3 rings (SSSR count). The molecule has 0 amide bonds. The predicted octanol–water partition coefficient (Wildman–Crippen LogP) is 3.93. The number of hydrogen-bond donors (Lipinski definition) is 1. The van der Waals surface area contributed by atoms with E-state index in [1.54, 1.807) is 13.8 Å². The first-order chi connectivity index (χ1) is 11.7. The van der Waals surface area contributed by atoms with Crippen molar-refractivity contribution in [3.63, 3.8) is 0 Å². The third-order valence-electron chi connectivity index (χ3n) is 3.68. The van der Waals surface area contributed by atoms with Crippen LogP contribution in [0.4, 0.5) is 10.8 Å². The zero-order valence-electron chi connectivity index (χ0n) is 13.7. The second-order valence-corrected chi connectivity index (χ2v) is 8.41. The SMILES string of the molecule is Cc1cc(C)c(S(=O)(=O)Nc2nc3ccc([N+](=O)[O-])cc3s2)c(C)c1. The fourth-order valence-corrected chi connectivity index (χ4v) is 5.42. The fraction of sp³-hybridized carbons (Fsp3) is 0.188. The third-order valence-corrected chi connectivity index (χ3v) is 6.38. The summed E-state index contributed by atoms with van der Waals surface area (Å²) in [7, 11) is -3.80. The lowest BCUT2D eigenvalue weighted by Gasteiger charge is -2.12. The van der Waals surface area contributed by atoms with Crippen LogP contribution in [-0.4, -0.2) is 18.3 Å². The number of anilines is 1. The maximum absolute atomic E-state index is 12.8. The quantitative estimate of drug-likeness (QED) is 0.548. The first-order valence-corrected chi connectivity index (χ1v) is 9.63. The van der Waals surface area contributed by atoms with E-state index in [-0.39, 0.29) is 15.7 Å². The minimum absolute atomic E-state index is 0.0595. The minimum atomic E-state index is -3.80. The van der Waals surface area contributed by atoms with E-state index in [0.29, 0.717) is 21.3 Å². The number of benzene rings is 2. The van der Waals surface area contributed by atoms with E-state index >= 15 is 0 Å². The van der Waals surface area contributed by atoms with Gasteiger partial charge in [-0.15, -0.1) is 0 Å². The van der Waals surface area contributed by atoms with Gasteiger partial charge in [-0.2, -0.15) is 0 Å². The average Bonchev–Trinajstić information content (AvgIpc) is 2.85. The van der Waals surface area contributed by atoms with Crippen molar-refractivity contribution in [1.29, 1.82) is 0 Å². The van der Waals surface area contributed by atoms with Crippen molar-refractivity contribution in [1.82, 2.24) is 4.98 Å². The summed E-state index contributed by atoms with van der Waals surface area (Å²) in [5, 5.41) is 11.0. The van der Waals surface area contributed by atoms with Crippen molar-refractivity contribution >= 4 is 42.4 Å². The second-order valence-electron chi connectivity index (χ2n) is 5.76. The molecule has 0 saturated heterocycles. The van der Waals surface area contributed by atoms with Gasteiger partial charge in [0.2, 0.25) is 0 Å². The maximum atomic E-state index is 12.8. The summed E-state index contributed by atoms with van der Waals surface area (Å²) in [4.78, 5) is 14.8. The fourth-order valence-electron chi connectivity index (χ4n) is 2.83. The van der Waals surface area contributed by atoms with Crippen LogP contribution in [0.2, 0.25) is 0 Å². The van der Waals surface area contributed by atoms with E-state index in [2.05, 4.69) is 9.71 Å². The number of aromatic nitrogens is 1. The number of sulfonamides is 1. The molecule has 3 aromatic rings. The molecule has 0 unspecified atom stereocenters. The van der Waals surface area contributed by atoms with Gasteiger partial charge in [-0.05, 0) is 38.0 Å². The summed E-state index contributed by atoms with van der Waals surface area (Å²) in [6, 6.07) is 7.85. The second kappa shape index (κ2) is 6.08. The van der Waals surface area contributed by atoms with Gasteiger partial charge in [0.15, 0.2) is 5.13 Å². The molecule has 0 bridgehead atoms. The van der Waals surface area contributed by atoms with Gasteiger partial charge >= 0.3 is 0 Å². The van der Waals surface area contributed by atoms with Crippen LogP contribution in [0.5, 0.6) is 0 Å². The van der Waals surface area contributed by atoms with Crippen molar-refractivity contribution in [2.45, 2.75) is 25.7 Å². The van der Waals surface area contributed by atoms with E-state index in [4.69, 9.17) is 0 Å². The standard InChI is InChI=1S/C16H15N3O4S2/c1-9-6-10(2)15(11(3)7-9)25(22,23)18-16-17-13-5-4-12(19(20)21)8-14(13)24-16/h4-8H,1-3H3,(H,17,18). The predicted molar refractivity (Wildman–Crippen MR) is 97.7 cm³/mol. The van der Waals surface area contributed by atoms with Crippen molar-refractivity contribution in [3.8, 4) is 0 Å². The minimum Gasteiger partial charge on any atom is -0.258 e. The van der Waals surface area contributed by atoms with E-state index < -0.39 is 14.9 Å². The smallest absolute Gasteiger partial charge is 0.258 e. The Balaban J connectivity index is 2.01. The van der Waals surface area contributed by atoms with Crippen LogP contribution in [0.1, 0.15) is 16.7 Å². The van der Waals surface area contributed by atoms with Gasteiger partial charge in [-0.25, -0.2) is 13.4 Å². The van der Waals surface area contributed by atoms with Gasteiger partial charge < -0.3 is 0 Å². The summed E-state index contributed by atoms with van der Waals surface area (Å²) < 4.78 is 28.5. The number of thiazole rings is 1. The number of rotatable bonds is 4. The number of fused-ring (bicyclic) bond motifs is 1. The molecule has 0 fully saturated rings. The highest BCUT2D eigenvalue weighted by molar-refractivity contribution is 7.93. The topological polar surface area (TPSA) is 102 Å². The van der Waals surface area contributed by atoms with Crippen LogP contribution in [0, 0.1) is 30.9 Å². The van der Waals surface area contributed by atoms with Gasteiger partial charge in [-0.1, -0.05) is 29.0 Å². The third kappa shape index (κ3) is 3.33. The molecule has 0 spiro atoms. The van der Waals surface area contributed by atoms with E-state index in [9.17, 15) is 18.5 Å². The molecule has 0 radical (unpaired) electrons. The van der Waals surface area contributed by atoms with Crippen LogP contribution in [0.3, 0.4) is 0 Å². The van der Waals surface area contributed by atoms with Crippen molar-refractivity contribution in [3.05, 3.63) is 57.1 Å². The molecule has 2 aromatic carbocycles. The first-order valence-electron chi connectivity index (χ1n) is 7.33. The lowest BCUT2D eigenvalue weighted by Crippen LogP contribution is -2.15. The maximum Gasteiger partial charge on any atom is 0.270 e. The Hall–Kier alpha value is -2.52. The van der Waals surface area contributed by atoms with Crippen molar-refractivity contribution in [2.24, 2.45) is 0 Å². The molecule has 0 saturated carbocycles.